The normalized spacial score (nSPS) is 14.6. The van der Waals surface area contributed by atoms with Gasteiger partial charge in [-0.3, -0.25) is 4.57 Å². The van der Waals surface area contributed by atoms with Gasteiger partial charge in [0.15, 0.2) is 5.16 Å². The fourth-order valence-corrected chi connectivity index (χ4v) is 2.39. The predicted octanol–water partition coefficient (Wildman–Crippen LogP) is 0.746. The molecule has 0 aromatic carbocycles. The number of hydrogen-bond acceptors (Lipinski definition) is 5. The van der Waals surface area contributed by atoms with E-state index in [1.807, 2.05) is 20.8 Å². The highest BCUT2D eigenvalue weighted by atomic mass is 32.2. The molecule has 0 fully saturated rings. The number of aromatic nitrogens is 3. The van der Waals surface area contributed by atoms with Crippen LogP contribution in [0.3, 0.4) is 0 Å². The molecule has 1 atom stereocenters. The van der Waals surface area contributed by atoms with Crippen LogP contribution in [-0.4, -0.2) is 33.1 Å². The summed E-state index contributed by atoms with van der Waals surface area (Å²) >= 11 is 1.39. The van der Waals surface area contributed by atoms with Gasteiger partial charge < -0.3 is 5.32 Å². The number of nitrogens with zero attached hydrogens (tertiary/aromatic N) is 3. The lowest BCUT2D eigenvalue weighted by Gasteiger charge is -2.19. The Morgan fingerprint density at radius 1 is 1.71 bits per heavy atom. The number of hydrogen-bond donors (Lipinski definition) is 2. The van der Waals surface area contributed by atoms with E-state index in [0.29, 0.717) is 10.9 Å². The summed E-state index contributed by atoms with van der Waals surface area (Å²) < 4.78 is 1.58. The lowest BCUT2D eigenvalue weighted by molar-refractivity contribution is 0.527. The summed E-state index contributed by atoms with van der Waals surface area (Å²) in [6.07, 6.45) is 0. The number of nitrogens with one attached hydrogen (secondary N) is 2. The van der Waals surface area contributed by atoms with Crippen molar-refractivity contribution < 1.29 is 0 Å². The third kappa shape index (κ3) is 3.11. The van der Waals surface area contributed by atoms with Gasteiger partial charge in [0.05, 0.1) is 6.07 Å². The molecule has 0 amide bonds. The smallest absolute Gasteiger partial charge is 0.302 e. The Morgan fingerprint density at radius 2 is 2.35 bits per heavy atom. The fraction of sp³-hybridized carbons (Fsp3) is 0.700. The van der Waals surface area contributed by atoms with Gasteiger partial charge in [0.1, 0.15) is 5.54 Å². The lowest BCUT2D eigenvalue weighted by Crippen LogP contribution is -2.40. The summed E-state index contributed by atoms with van der Waals surface area (Å²) in [5, 5.41) is 19.0. The number of H-pyrrole nitrogens is 1. The molecule has 1 rings (SSSR count). The van der Waals surface area contributed by atoms with Gasteiger partial charge in [0, 0.05) is 11.8 Å². The Labute approximate surface area is 104 Å². The molecule has 0 saturated heterocycles. The zero-order valence-electron chi connectivity index (χ0n) is 10.4. The van der Waals surface area contributed by atoms with Crippen LogP contribution in [0.1, 0.15) is 26.8 Å². The molecule has 7 heteroatoms. The Morgan fingerprint density at radius 3 is 2.82 bits per heavy atom. The molecule has 6 nitrogen and oxygen atoms in total. The minimum Gasteiger partial charge on any atom is -0.302 e. The Hall–Kier alpha value is -1.26. The van der Waals surface area contributed by atoms with Crippen molar-refractivity contribution in [3.05, 3.63) is 10.5 Å². The van der Waals surface area contributed by atoms with Crippen molar-refractivity contribution in [3.8, 4) is 6.07 Å². The molecular weight excluding hydrogens is 238 g/mol. The van der Waals surface area contributed by atoms with Crippen molar-refractivity contribution in [2.75, 3.05) is 12.8 Å². The number of rotatable bonds is 5. The van der Waals surface area contributed by atoms with Crippen molar-refractivity contribution in [3.63, 3.8) is 0 Å². The second kappa shape index (κ2) is 5.38. The van der Waals surface area contributed by atoms with E-state index >= 15 is 0 Å². The van der Waals surface area contributed by atoms with Crippen LogP contribution in [0.2, 0.25) is 0 Å². The molecule has 2 N–H and O–H groups in total. The second-order valence-corrected chi connectivity index (χ2v) is 5.20. The highest BCUT2D eigenvalue weighted by Crippen LogP contribution is 2.21. The standard InChI is InChI=1S/C10H17N5OS/c1-7(2)15-8(16)13-14-9(15)17-6-10(3,5-11)12-4/h7,12H,6H2,1-4H3,(H,13,16). The molecule has 0 aliphatic heterocycles. The Kier molecular flexibility index (Phi) is 4.37. The summed E-state index contributed by atoms with van der Waals surface area (Å²) in [6, 6.07) is 2.24. The highest BCUT2D eigenvalue weighted by Gasteiger charge is 2.23. The van der Waals surface area contributed by atoms with Crippen molar-refractivity contribution in [1.29, 1.82) is 5.26 Å². The van der Waals surface area contributed by atoms with Gasteiger partial charge in [-0.1, -0.05) is 11.8 Å². The van der Waals surface area contributed by atoms with Crippen LogP contribution in [0.5, 0.6) is 0 Å². The van der Waals surface area contributed by atoms with Crippen LogP contribution in [0.25, 0.3) is 0 Å². The third-order valence-corrected chi connectivity index (χ3v) is 3.74. The topological polar surface area (TPSA) is 86.5 Å². The van der Waals surface area contributed by atoms with Crippen LogP contribution in [0, 0.1) is 11.3 Å². The van der Waals surface area contributed by atoms with Gasteiger partial charge in [-0.05, 0) is 27.8 Å². The fourth-order valence-electron chi connectivity index (χ4n) is 1.22. The first-order valence-electron chi connectivity index (χ1n) is 5.33. The van der Waals surface area contributed by atoms with Gasteiger partial charge in [-0.15, -0.1) is 5.10 Å². The summed E-state index contributed by atoms with van der Waals surface area (Å²) in [5.41, 5.74) is -0.841. The Bertz CT molecular complexity index is 472. The van der Waals surface area contributed by atoms with Gasteiger partial charge in [-0.2, -0.15) is 5.26 Å². The van der Waals surface area contributed by atoms with E-state index in [2.05, 4.69) is 21.6 Å². The minimum atomic E-state index is -0.624. The van der Waals surface area contributed by atoms with E-state index in [-0.39, 0.29) is 11.7 Å². The predicted molar refractivity (Wildman–Crippen MR) is 67.0 cm³/mol. The van der Waals surface area contributed by atoms with Crippen LogP contribution in [0.15, 0.2) is 9.95 Å². The third-order valence-electron chi connectivity index (χ3n) is 2.48. The first kappa shape index (κ1) is 13.8. The molecule has 1 heterocycles. The maximum absolute atomic E-state index is 11.5. The first-order valence-corrected chi connectivity index (χ1v) is 6.32. The maximum atomic E-state index is 11.5. The second-order valence-electron chi connectivity index (χ2n) is 4.26. The SMILES string of the molecule is CNC(C)(C#N)CSc1n[nH]c(=O)n1C(C)C. The molecule has 1 aromatic heterocycles. The average Bonchev–Trinajstić information content (AvgIpc) is 2.67. The average molecular weight is 255 g/mol. The minimum absolute atomic E-state index is 0.0478. The van der Waals surface area contributed by atoms with Gasteiger partial charge in [-0.25, -0.2) is 9.89 Å². The molecule has 1 unspecified atom stereocenters. The van der Waals surface area contributed by atoms with Crippen LogP contribution < -0.4 is 11.0 Å². The largest absolute Gasteiger partial charge is 0.344 e. The van der Waals surface area contributed by atoms with E-state index in [4.69, 9.17) is 5.26 Å². The van der Waals surface area contributed by atoms with Crippen molar-refractivity contribution in [2.45, 2.75) is 37.5 Å². The van der Waals surface area contributed by atoms with Crippen molar-refractivity contribution in [1.82, 2.24) is 20.1 Å². The van der Waals surface area contributed by atoms with Crippen LogP contribution >= 0.6 is 11.8 Å². The van der Waals surface area contributed by atoms with Gasteiger partial charge >= 0.3 is 5.69 Å². The van der Waals surface area contributed by atoms with E-state index in [1.54, 1.807) is 11.6 Å². The molecular formula is C10H17N5OS. The van der Waals surface area contributed by atoms with Gasteiger partial charge in [0.25, 0.3) is 0 Å². The van der Waals surface area contributed by atoms with Crippen molar-refractivity contribution >= 4 is 11.8 Å². The Balaban J connectivity index is 2.84. The molecule has 94 valence electrons. The highest BCUT2D eigenvalue weighted by molar-refractivity contribution is 7.99. The lowest BCUT2D eigenvalue weighted by atomic mass is 10.1. The molecule has 17 heavy (non-hydrogen) atoms. The molecule has 0 bridgehead atoms. The summed E-state index contributed by atoms with van der Waals surface area (Å²) in [5.74, 6) is 0.525. The molecule has 0 radical (unpaired) electrons. The number of nitriles is 1. The summed E-state index contributed by atoms with van der Waals surface area (Å²) in [6.45, 7) is 5.65. The van der Waals surface area contributed by atoms with Crippen LogP contribution in [0.4, 0.5) is 0 Å². The molecule has 0 spiro atoms. The zero-order valence-corrected chi connectivity index (χ0v) is 11.3. The monoisotopic (exact) mass is 255 g/mol. The number of aromatic amines is 1. The van der Waals surface area contributed by atoms with Crippen molar-refractivity contribution in [2.24, 2.45) is 0 Å². The van der Waals surface area contributed by atoms with E-state index in [1.165, 1.54) is 11.8 Å². The summed E-state index contributed by atoms with van der Waals surface area (Å²) in [4.78, 5) is 11.5. The number of thioether (sulfide) groups is 1. The van der Waals surface area contributed by atoms with E-state index in [9.17, 15) is 4.79 Å². The zero-order chi connectivity index (χ0) is 13.1. The van der Waals surface area contributed by atoms with Crippen LogP contribution in [-0.2, 0) is 0 Å². The molecule has 1 aromatic rings. The van der Waals surface area contributed by atoms with Gasteiger partial charge in [0.2, 0.25) is 0 Å². The first-order chi connectivity index (χ1) is 7.93. The molecule has 0 aliphatic rings. The molecule has 0 aliphatic carbocycles. The molecule has 0 saturated carbocycles. The van der Waals surface area contributed by atoms with E-state index in [0.717, 1.165) is 0 Å². The maximum Gasteiger partial charge on any atom is 0.344 e. The van der Waals surface area contributed by atoms with E-state index < -0.39 is 5.54 Å². The summed E-state index contributed by atoms with van der Waals surface area (Å²) in [7, 11) is 1.74. The quantitative estimate of drug-likeness (QED) is 0.758.